The van der Waals surface area contributed by atoms with Crippen molar-refractivity contribution in [3.05, 3.63) is 64.9 Å². The van der Waals surface area contributed by atoms with E-state index in [4.69, 9.17) is 11.6 Å². The van der Waals surface area contributed by atoms with E-state index in [-0.39, 0.29) is 11.6 Å². The Morgan fingerprint density at radius 2 is 1.89 bits per heavy atom. The van der Waals surface area contributed by atoms with Gasteiger partial charge in [0.25, 0.3) is 5.91 Å². The van der Waals surface area contributed by atoms with Gasteiger partial charge in [-0.1, -0.05) is 17.7 Å². The Morgan fingerprint density at radius 3 is 2.57 bits per heavy atom. The van der Waals surface area contributed by atoms with Crippen LogP contribution < -0.4 is 10.0 Å². The number of anilines is 2. The standard InChI is InChI=1S/C19H19ClN4O3S/c1-12-5-4-6-21-18(12)17-7-13(11-24(17)2)19(25)22-15-8-14(20)9-16(10-15)23-28(3,26)27/h4-11,23H,1-3H3,(H,22,25). The summed E-state index contributed by atoms with van der Waals surface area (Å²) in [5.74, 6) is -0.344. The van der Waals surface area contributed by atoms with Gasteiger partial charge in [-0.25, -0.2) is 8.42 Å². The highest BCUT2D eigenvalue weighted by Gasteiger charge is 2.15. The molecule has 0 atom stereocenters. The second kappa shape index (κ2) is 7.65. The van der Waals surface area contributed by atoms with Crippen molar-refractivity contribution in [1.29, 1.82) is 0 Å². The number of amides is 1. The lowest BCUT2D eigenvalue weighted by Crippen LogP contribution is -2.13. The molecule has 146 valence electrons. The minimum atomic E-state index is -3.46. The van der Waals surface area contributed by atoms with E-state index in [1.165, 1.54) is 12.1 Å². The maximum Gasteiger partial charge on any atom is 0.257 e. The number of carbonyl (C=O) groups is 1. The van der Waals surface area contributed by atoms with E-state index >= 15 is 0 Å². The van der Waals surface area contributed by atoms with Crippen molar-refractivity contribution in [1.82, 2.24) is 9.55 Å². The Morgan fingerprint density at radius 1 is 1.18 bits per heavy atom. The molecular formula is C19H19ClN4O3S. The number of aromatic nitrogens is 2. The summed E-state index contributed by atoms with van der Waals surface area (Å²) in [7, 11) is -1.62. The fourth-order valence-corrected chi connectivity index (χ4v) is 3.60. The van der Waals surface area contributed by atoms with Gasteiger partial charge in [-0.15, -0.1) is 0 Å². The SMILES string of the molecule is Cc1cccnc1-c1cc(C(=O)Nc2cc(Cl)cc(NS(C)(=O)=O)c2)cn1C. The third-order valence-corrected chi connectivity index (χ3v) is 4.80. The van der Waals surface area contributed by atoms with E-state index in [9.17, 15) is 13.2 Å². The van der Waals surface area contributed by atoms with Crippen molar-refractivity contribution in [2.75, 3.05) is 16.3 Å². The van der Waals surface area contributed by atoms with Crippen LogP contribution in [0, 0.1) is 6.92 Å². The van der Waals surface area contributed by atoms with Crippen molar-refractivity contribution in [3.63, 3.8) is 0 Å². The normalized spacial score (nSPS) is 11.3. The molecule has 2 heterocycles. The molecule has 7 nitrogen and oxygen atoms in total. The lowest BCUT2D eigenvalue weighted by molar-refractivity contribution is 0.102. The van der Waals surface area contributed by atoms with Crippen LogP contribution in [-0.2, 0) is 17.1 Å². The number of sulfonamides is 1. The molecule has 28 heavy (non-hydrogen) atoms. The molecule has 2 N–H and O–H groups in total. The van der Waals surface area contributed by atoms with Gasteiger partial charge < -0.3 is 9.88 Å². The molecule has 2 aromatic heterocycles. The molecule has 0 saturated heterocycles. The van der Waals surface area contributed by atoms with E-state index in [0.29, 0.717) is 16.3 Å². The zero-order valence-corrected chi connectivity index (χ0v) is 17.1. The summed E-state index contributed by atoms with van der Waals surface area (Å²) >= 11 is 6.04. The first kappa shape index (κ1) is 19.9. The summed E-state index contributed by atoms with van der Waals surface area (Å²) in [4.78, 5) is 17.1. The van der Waals surface area contributed by atoms with E-state index < -0.39 is 10.0 Å². The zero-order valence-electron chi connectivity index (χ0n) is 15.5. The van der Waals surface area contributed by atoms with Gasteiger partial charge in [0.15, 0.2) is 0 Å². The zero-order chi connectivity index (χ0) is 20.5. The Hall–Kier alpha value is -2.84. The van der Waals surface area contributed by atoms with Gasteiger partial charge in [0.1, 0.15) is 0 Å². The lowest BCUT2D eigenvalue weighted by atomic mass is 10.1. The number of benzene rings is 1. The van der Waals surface area contributed by atoms with E-state index in [0.717, 1.165) is 23.2 Å². The quantitative estimate of drug-likeness (QED) is 0.661. The molecule has 9 heteroatoms. The molecule has 0 fully saturated rings. The van der Waals surface area contributed by atoms with Crippen LogP contribution in [0.1, 0.15) is 15.9 Å². The van der Waals surface area contributed by atoms with Gasteiger partial charge in [0.2, 0.25) is 10.0 Å². The topological polar surface area (TPSA) is 93.1 Å². The summed E-state index contributed by atoms with van der Waals surface area (Å²) in [6.07, 6.45) is 4.45. The molecule has 1 amide bonds. The predicted molar refractivity (Wildman–Crippen MR) is 111 cm³/mol. The first-order chi connectivity index (χ1) is 13.1. The average Bonchev–Trinajstić information content (AvgIpc) is 2.95. The van der Waals surface area contributed by atoms with E-state index in [2.05, 4.69) is 15.0 Å². The number of hydrogen-bond donors (Lipinski definition) is 2. The minimum Gasteiger partial charge on any atom is -0.348 e. The molecule has 0 bridgehead atoms. The molecule has 0 aliphatic rings. The number of nitrogens with one attached hydrogen (secondary N) is 2. The monoisotopic (exact) mass is 418 g/mol. The molecule has 1 aromatic carbocycles. The van der Waals surface area contributed by atoms with Gasteiger partial charge in [-0.2, -0.15) is 0 Å². The minimum absolute atomic E-state index is 0.267. The maximum absolute atomic E-state index is 12.7. The molecule has 0 saturated carbocycles. The molecule has 3 aromatic rings. The summed E-state index contributed by atoms with van der Waals surface area (Å²) in [6, 6.07) is 10.1. The average molecular weight is 419 g/mol. The third kappa shape index (κ3) is 4.71. The summed E-state index contributed by atoms with van der Waals surface area (Å²) in [5, 5.41) is 3.03. The number of hydrogen-bond acceptors (Lipinski definition) is 4. The van der Waals surface area contributed by atoms with Crippen molar-refractivity contribution in [2.24, 2.45) is 7.05 Å². The number of pyridine rings is 1. The lowest BCUT2D eigenvalue weighted by Gasteiger charge is -2.09. The molecule has 0 aliphatic carbocycles. The summed E-state index contributed by atoms with van der Waals surface area (Å²) < 4.78 is 27.0. The van der Waals surface area contributed by atoms with Crippen molar-refractivity contribution < 1.29 is 13.2 Å². The molecule has 0 aliphatic heterocycles. The van der Waals surface area contributed by atoms with E-state index in [1.54, 1.807) is 24.5 Å². The van der Waals surface area contributed by atoms with Crippen LogP contribution in [0.4, 0.5) is 11.4 Å². The first-order valence-electron chi connectivity index (χ1n) is 8.30. The van der Waals surface area contributed by atoms with Gasteiger partial charge in [-0.05, 0) is 42.8 Å². The fraction of sp³-hybridized carbons (Fsp3) is 0.158. The van der Waals surface area contributed by atoms with Crippen molar-refractivity contribution >= 4 is 38.9 Å². The number of rotatable bonds is 5. The first-order valence-corrected chi connectivity index (χ1v) is 10.6. The van der Waals surface area contributed by atoms with Gasteiger partial charge in [-0.3, -0.25) is 14.5 Å². The molecule has 0 unspecified atom stereocenters. The van der Waals surface area contributed by atoms with Crippen LogP contribution >= 0.6 is 11.6 Å². The Bertz CT molecular complexity index is 1160. The second-order valence-electron chi connectivity index (χ2n) is 6.45. The third-order valence-electron chi connectivity index (χ3n) is 3.98. The van der Waals surface area contributed by atoms with Crippen LogP contribution in [-0.4, -0.2) is 30.1 Å². The van der Waals surface area contributed by atoms with Crippen LogP contribution in [0.2, 0.25) is 5.02 Å². The predicted octanol–water partition coefficient (Wildman–Crippen LogP) is 3.67. The highest BCUT2D eigenvalue weighted by atomic mass is 35.5. The Balaban J connectivity index is 1.86. The van der Waals surface area contributed by atoms with Crippen molar-refractivity contribution in [2.45, 2.75) is 6.92 Å². The van der Waals surface area contributed by atoms with Crippen LogP contribution in [0.5, 0.6) is 0 Å². The van der Waals surface area contributed by atoms with Crippen LogP contribution in [0.15, 0.2) is 48.8 Å². The highest BCUT2D eigenvalue weighted by Crippen LogP contribution is 2.26. The van der Waals surface area contributed by atoms with Gasteiger partial charge in [0, 0.05) is 30.2 Å². The number of nitrogens with zero attached hydrogens (tertiary/aromatic N) is 2. The Labute approximate surface area is 168 Å². The molecule has 0 spiro atoms. The largest absolute Gasteiger partial charge is 0.348 e. The smallest absolute Gasteiger partial charge is 0.257 e. The summed E-state index contributed by atoms with van der Waals surface area (Å²) in [5.41, 5.74) is 3.70. The van der Waals surface area contributed by atoms with Crippen LogP contribution in [0.3, 0.4) is 0 Å². The van der Waals surface area contributed by atoms with Crippen LogP contribution in [0.25, 0.3) is 11.4 Å². The fourth-order valence-electron chi connectivity index (χ4n) is 2.82. The maximum atomic E-state index is 12.7. The van der Waals surface area contributed by atoms with E-state index in [1.807, 2.05) is 30.7 Å². The molecule has 3 rings (SSSR count). The number of carbonyl (C=O) groups excluding carboxylic acids is 1. The van der Waals surface area contributed by atoms with Gasteiger partial charge >= 0.3 is 0 Å². The number of aryl methyl sites for hydroxylation is 2. The molecular weight excluding hydrogens is 400 g/mol. The highest BCUT2D eigenvalue weighted by molar-refractivity contribution is 7.92. The summed E-state index contributed by atoms with van der Waals surface area (Å²) in [6.45, 7) is 1.96. The molecule has 0 radical (unpaired) electrons. The van der Waals surface area contributed by atoms with Gasteiger partial charge in [0.05, 0.1) is 28.9 Å². The second-order valence-corrected chi connectivity index (χ2v) is 8.64. The number of halogens is 1. The Kier molecular flexibility index (Phi) is 5.44. The van der Waals surface area contributed by atoms with Crippen molar-refractivity contribution in [3.8, 4) is 11.4 Å².